The number of nitrogens with one attached hydrogen (secondary N) is 1. The first-order valence-electron chi connectivity index (χ1n) is 15.9. The molecule has 1 amide bonds. The number of aromatic nitrogens is 3. The van der Waals surface area contributed by atoms with Crippen LogP contribution in [0.1, 0.15) is 50.3 Å². The van der Waals surface area contributed by atoms with Gasteiger partial charge >= 0.3 is 0 Å². The van der Waals surface area contributed by atoms with Gasteiger partial charge in [0.25, 0.3) is 0 Å². The van der Waals surface area contributed by atoms with E-state index >= 15 is 0 Å². The maximum absolute atomic E-state index is 14.3. The summed E-state index contributed by atoms with van der Waals surface area (Å²) in [6, 6.07) is 9.65. The summed E-state index contributed by atoms with van der Waals surface area (Å²) in [4.78, 5) is 28.1. The van der Waals surface area contributed by atoms with Crippen LogP contribution in [-0.2, 0) is 27.9 Å². The summed E-state index contributed by atoms with van der Waals surface area (Å²) in [5.74, 6) is 0.580. The molecule has 11 heteroatoms. The van der Waals surface area contributed by atoms with Gasteiger partial charge in [-0.1, -0.05) is 26.0 Å². The summed E-state index contributed by atoms with van der Waals surface area (Å²) in [6.07, 6.45) is 0.564. The average Bonchev–Trinajstić information content (AvgIpc) is 3.49. The molecule has 2 aromatic heterocycles. The minimum atomic E-state index is -0.319. The first-order chi connectivity index (χ1) is 21.0. The smallest absolute Gasteiger partial charge is 0.241 e. The van der Waals surface area contributed by atoms with E-state index in [1.165, 1.54) is 12.1 Å². The highest BCUT2D eigenvalue weighted by atomic mass is 19.1. The van der Waals surface area contributed by atoms with Gasteiger partial charge in [-0.05, 0) is 51.7 Å². The van der Waals surface area contributed by atoms with Crippen LogP contribution in [0.3, 0.4) is 0 Å². The third-order valence-electron chi connectivity index (χ3n) is 9.27. The number of carbonyl (C=O) groups is 1. The number of halogens is 1. The topological polar surface area (TPSA) is 81.5 Å². The molecule has 5 heterocycles. The number of ether oxygens (including phenoxy) is 1. The summed E-state index contributed by atoms with van der Waals surface area (Å²) in [7, 11) is 4.01. The van der Waals surface area contributed by atoms with Crippen LogP contribution in [0.5, 0.6) is 0 Å². The molecular formula is C33H47FN8O2. The third kappa shape index (κ3) is 6.39. The monoisotopic (exact) mass is 606 g/mol. The zero-order valence-corrected chi connectivity index (χ0v) is 27.0. The molecule has 1 N–H and O–H groups in total. The zero-order chi connectivity index (χ0) is 31.2. The summed E-state index contributed by atoms with van der Waals surface area (Å²) < 4.78 is 21.4. The number of rotatable bonds is 8. The normalized spacial score (nSPS) is 24.4. The molecule has 2 saturated heterocycles. The molecule has 238 valence electrons. The number of benzene rings is 1. The fraction of sp³-hybridized carbons (Fsp3) is 0.606. The SMILES string of the molecule is C[C@@H]1CN(CC(=O)N2CC(C)(C)c3c2cc(Cc2ccc(F)cc2)c2nc(CN(C)C)nn32)[C@@H](CN2CCOC[C@H]2C)CN1. The van der Waals surface area contributed by atoms with Gasteiger partial charge in [-0.2, -0.15) is 0 Å². The van der Waals surface area contributed by atoms with E-state index < -0.39 is 0 Å². The molecule has 3 aliphatic heterocycles. The van der Waals surface area contributed by atoms with Gasteiger partial charge < -0.3 is 19.9 Å². The van der Waals surface area contributed by atoms with Crippen molar-refractivity contribution in [2.24, 2.45) is 0 Å². The zero-order valence-electron chi connectivity index (χ0n) is 27.0. The first kappa shape index (κ1) is 31.0. The number of carbonyl (C=O) groups excluding carboxylic acids is 1. The van der Waals surface area contributed by atoms with Crippen molar-refractivity contribution in [3.8, 4) is 0 Å². The molecule has 0 unspecified atom stereocenters. The lowest BCUT2D eigenvalue weighted by Gasteiger charge is -2.43. The Morgan fingerprint density at radius 3 is 2.68 bits per heavy atom. The molecule has 0 aliphatic carbocycles. The van der Waals surface area contributed by atoms with Crippen LogP contribution in [0.2, 0.25) is 0 Å². The highest BCUT2D eigenvalue weighted by Gasteiger charge is 2.42. The number of amides is 1. The number of piperazine rings is 1. The Morgan fingerprint density at radius 1 is 1.18 bits per heavy atom. The highest BCUT2D eigenvalue weighted by Crippen LogP contribution is 2.42. The number of morpholine rings is 1. The van der Waals surface area contributed by atoms with E-state index in [-0.39, 0.29) is 23.2 Å². The number of hydrogen-bond acceptors (Lipinski definition) is 8. The quantitative estimate of drug-likeness (QED) is 0.419. The minimum absolute atomic E-state index is 0.103. The predicted octanol–water partition coefficient (Wildman–Crippen LogP) is 2.53. The standard InChI is InChI=1S/C33H47FN8O2/c1-22-16-40(27(15-35-22)17-39-11-12-44-20-23(39)2)19-30(43)41-21-33(3,4)31-28(41)14-25(13-24-7-9-26(34)10-8-24)32-36-29(18-38(5)6)37-42(31)32/h7-10,14,22-23,27,35H,11-13,15-21H2,1-6H3/t22-,23-,27-/m1/s1. The first-order valence-corrected chi connectivity index (χ1v) is 15.9. The van der Waals surface area contributed by atoms with Crippen molar-refractivity contribution in [1.82, 2.24) is 34.6 Å². The summed E-state index contributed by atoms with van der Waals surface area (Å²) in [5, 5.41) is 8.61. The van der Waals surface area contributed by atoms with Crippen molar-refractivity contribution in [3.05, 3.63) is 58.8 Å². The van der Waals surface area contributed by atoms with E-state index in [1.54, 1.807) is 0 Å². The van der Waals surface area contributed by atoms with Gasteiger partial charge in [0.2, 0.25) is 5.91 Å². The summed E-state index contributed by atoms with van der Waals surface area (Å²) in [6.45, 7) is 15.3. The molecule has 6 rings (SSSR count). The lowest BCUT2D eigenvalue weighted by atomic mass is 9.90. The van der Waals surface area contributed by atoms with Crippen LogP contribution < -0.4 is 10.2 Å². The molecule has 3 aliphatic rings. The maximum atomic E-state index is 14.3. The number of pyridine rings is 1. The third-order valence-corrected chi connectivity index (χ3v) is 9.27. The van der Waals surface area contributed by atoms with Gasteiger partial charge in [0, 0.05) is 68.2 Å². The second-order valence-electron chi connectivity index (χ2n) is 13.9. The Labute approximate surface area is 260 Å². The molecular weight excluding hydrogens is 559 g/mol. The molecule has 44 heavy (non-hydrogen) atoms. The van der Waals surface area contributed by atoms with Crippen LogP contribution in [0, 0.1) is 5.82 Å². The van der Waals surface area contributed by atoms with Crippen molar-refractivity contribution in [2.45, 2.75) is 64.2 Å². The Morgan fingerprint density at radius 2 is 1.95 bits per heavy atom. The summed E-state index contributed by atoms with van der Waals surface area (Å²) in [5.41, 5.74) is 4.33. The van der Waals surface area contributed by atoms with E-state index in [4.69, 9.17) is 14.8 Å². The fourth-order valence-corrected chi connectivity index (χ4v) is 7.01. The second kappa shape index (κ2) is 12.4. The molecule has 2 fully saturated rings. The molecule has 1 aromatic carbocycles. The number of nitrogens with zero attached hydrogens (tertiary/aromatic N) is 7. The lowest BCUT2D eigenvalue weighted by Crippen LogP contribution is -2.62. The molecule has 0 spiro atoms. The van der Waals surface area contributed by atoms with Gasteiger partial charge in [0.1, 0.15) is 5.82 Å². The van der Waals surface area contributed by atoms with Gasteiger partial charge in [0.15, 0.2) is 11.5 Å². The largest absolute Gasteiger partial charge is 0.379 e. The molecule has 3 atom stereocenters. The second-order valence-corrected chi connectivity index (χ2v) is 13.9. The molecule has 0 bridgehead atoms. The maximum Gasteiger partial charge on any atom is 0.241 e. The van der Waals surface area contributed by atoms with Crippen LogP contribution in [0.4, 0.5) is 10.1 Å². The van der Waals surface area contributed by atoms with Crippen LogP contribution >= 0.6 is 0 Å². The van der Waals surface area contributed by atoms with Gasteiger partial charge in [-0.15, -0.1) is 5.10 Å². The van der Waals surface area contributed by atoms with Crippen molar-refractivity contribution in [1.29, 1.82) is 0 Å². The Hall–Kier alpha value is -2.96. The number of hydrogen-bond donors (Lipinski definition) is 1. The Bertz CT molecular complexity index is 1490. The molecule has 0 saturated carbocycles. The Kier molecular flexibility index (Phi) is 8.78. The number of fused-ring (bicyclic) bond motifs is 3. The Balaban J connectivity index is 1.33. The van der Waals surface area contributed by atoms with E-state index in [9.17, 15) is 9.18 Å². The van der Waals surface area contributed by atoms with Crippen molar-refractivity contribution in [3.63, 3.8) is 0 Å². The average molecular weight is 607 g/mol. The van der Waals surface area contributed by atoms with Gasteiger partial charge in [-0.3, -0.25) is 14.6 Å². The molecule has 0 radical (unpaired) electrons. The molecule has 3 aromatic rings. The predicted molar refractivity (Wildman–Crippen MR) is 170 cm³/mol. The fourth-order valence-electron chi connectivity index (χ4n) is 7.01. The van der Waals surface area contributed by atoms with E-state index in [2.05, 4.69) is 53.8 Å². The lowest BCUT2D eigenvalue weighted by molar-refractivity contribution is -0.121. The van der Waals surface area contributed by atoms with Crippen LogP contribution in [0.25, 0.3) is 5.65 Å². The van der Waals surface area contributed by atoms with Crippen molar-refractivity contribution >= 4 is 17.2 Å². The number of anilines is 1. The molecule has 10 nitrogen and oxygen atoms in total. The van der Waals surface area contributed by atoms with E-state index in [0.717, 1.165) is 73.4 Å². The van der Waals surface area contributed by atoms with Crippen LogP contribution in [0.15, 0.2) is 30.3 Å². The van der Waals surface area contributed by atoms with Gasteiger partial charge in [0.05, 0.1) is 37.7 Å². The van der Waals surface area contributed by atoms with Crippen molar-refractivity contribution < 1.29 is 13.9 Å². The van der Waals surface area contributed by atoms with E-state index in [0.29, 0.717) is 38.1 Å². The summed E-state index contributed by atoms with van der Waals surface area (Å²) >= 11 is 0. The van der Waals surface area contributed by atoms with Gasteiger partial charge in [-0.25, -0.2) is 13.9 Å². The van der Waals surface area contributed by atoms with E-state index in [1.807, 2.05) is 35.6 Å². The van der Waals surface area contributed by atoms with Crippen molar-refractivity contribution in [2.75, 3.05) is 71.5 Å². The van der Waals surface area contributed by atoms with Crippen LogP contribution in [-0.4, -0.2) is 120 Å². The minimum Gasteiger partial charge on any atom is -0.379 e. The highest BCUT2D eigenvalue weighted by molar-refractivity contribution is 5.97.